The van der Waals surface area contributed by atoms with E-state index >= 15 is 0 Å². The molecular weight excluding hydrogens is 308 g/mol. The van der Waals surface area contributed by atoms with E-state index in [2.05, 4.69) is 10.6 Å². The molecule has 22 heavy (non-hydrogen) atoms. The van der Waals surface area contributed by atoms with E-state index < -0.39 is 23.8 Å². The van der Waals surface area contributed by atoms with Crippen LogP contribution in [0.15, 0.2) is 18.2 Å². The molecule has 2 rings (SSSR count). The fourth-order valence-corrected chi connectivity index (χ4v) is 2.86. The van der Waals surface area contributed by atoms with E-state index in [9.17, 15) is 14.4 Å². The molecule has 0 aliphatic heterocycles. The SMILES string of the molecule is CC(=O)Nc1ccc(Cl)c(C(=O)N[C@@H]2CCC[C@@H]2C(=O)O)c1. The zero-order chi connectivity index (χ0) is 16.3. The number of aliphatic carboxylic acids is 1. The van der Waals surface area contributed by atoms with Crippen LogP contribution in [0.4, 0.5) is 5.69 Å². The Kier molecular flexibility index (Phi) is 5.03. The van der Waals surface area contributed by atoms with Crippen LogP contribution in [0.3, 0.4) is 0 Å². The summed E-state index contributed by atoms with van der Waals surface area (Å²) >= 11 is 6.02. The molecular formula is C15H17ClN2O4. The number of carbonyl (C=O) groups excluding carboxylic acids is 2. The van der Waals surface area contributed by atoms with Gasteiger partial charge in [-0.3, -0.25) is 14.4 Å². The molecule has 0 aromatic heterocycles. The number of carboxylic acid groups (broad SMARTS) is 1. The zero-order valence-corrected chi connectivity index (χ0v) is 12.8. The number of nitrogens with one attached hydrogen (secondary N) is 2. The molecule has 0 heterocycles. The van der Waals surface area contributed by atoms with Crippen molar-refractivity contribution in [1.82, 2.24) is 5.32 Å². The Morgan fingerprint density at radius 2 is 2.00 bits per heavy atom. The summed E-state index contributed by atoms with van der Waals surface area (Å²) in [4.78, 5) is 34.5. The Morgan fingerprint density at radius 3 is 2.64 bits per heavy atom. The van der Waals surface area contributed by atoms with Crippen molar-refractivity contribution in [2.75, 3.05) is 5.32 Å². The summed E-state index contributed by atoms with van der Waals surface area (Å²) in [6, 6.07) is 4.19. The number of anilines is 1. The summed E-state index contributed by atoms with van der Waals surface area (Å²) in [6.07, 6.45) is 1.95. The molecule has 7 heteroatoms. The van der Waals surface area contributed by atoms with Crippen LogP contribution in [-0.4, -0.2) is 28.9 Å². The van der Waals surface area contributed by atoms with E-state index in [0.717, 1.165) is 6.42 Å². The quantitative estimate of drug-likeness (QED) is 0.791. The van der Waals surface area contributed by atoms with Crippen LogP contribution in [0, 0.1) is 5.92 Å². The first-order chi connectivity index (χ1) is 10.4. The van der Waals surface area contributed by atoms with E-state index in [1.807, 2.05) is 0 Å². The Hall–Kier alpha value is -2.08. The standard InChI is InChI=1S/C15H17ClN2O4/c1-8(19)17-9-5-6-12(16)11(7-9)14(20)18-13-4-2-3-10(13)15(21)22/h5-7,10,13H,2-4H2,1H3,(H,17,19)(H,18,20)(H,21,22)/t10-,13+/m0/s1. The average molecular weight is 325 g/mol. The molecule has 0 radical (unpaired) electrons. The third-order valence-electron chi connectivity index (χ3n) is 3.68. The van der Waals surface area contributed by atoms with E-state index in [1.54, 1.807) is 6.07 Å². The first-order valence-electron chi connectivity index (χ1n) is 6.99. The molecule has 118 valence electrons. The number of hydrogen-bond acceptors (Lipinski definition) is 3. The maximum Gasteiger partial charge on any atom is 0.308 e. The number of hydrogen-bond donors (Lipinski definition) is 3. The molecule has 1 saturated carbocycles. The van der Waals surface area contributed by atoms with Crippen molar-refractivity contribution < 1.29 is 19.5 Å². The van der Waals surface area contributed by atoms with Gasteiger partial charge in [0.05, 0.1) is 16.5 Å². The lowest BCUT2D eigenvalue weighted by atomic mass is 10.0. The predicted molar refractivity (Wildman–Crippen MR) is 82.0 cm³/mol. The molecule has 1 aromatic rings. The summed E-state index contributed by atoms with van der Waals surface area (Å²) in [5.41, 5.74) is 0.673. The minimum Gasteiger partial charge on any atom is -0.481 e. The van der Waals surface area contributed by atoms with E-state index in [0.29, 0.717) is 18.5 Å². The largest absolute Gasteiger partial charge is 0.481 e. The van der Waals surface area contributed by atoms with Gasteiger partial charge in [0.2, 0.25) is 5.91 Å². The van der Waals surface area contributed by atoms with Gasteiger partial charge in [-0.2, -0.15) is 0 Å². The molecule has 2 atom stereocenters. The molecule has 0 bridgehead atoms. The highest BCUT2D eigenvalue weighted by Gasteiger charge is 2.34. The highest BCUT2D eigenvalue weighted by molar-refractivity contribution is 6.34. The Morgan fingerprint density at radius 1 is 1.27 bits per heavy atom. The van der Waals surface area contributed by atoms with Crippen molar-refractivity contribution in [3.05, 3.63) is 28.8 Å². The van der Waals surface area contributed by atoms with Crippen LogP contribution in [0.25, 0.3) is 0 Å². The predicted octanol–water partition coefficient (Wildman–Crippen LogP) is 2.28. The molecule has 1 fully saturated rings. The Labute approximate surface area is 132 Å². The topological polar surface area (TPSA) is 95.5 Å². The third-order valence-corrected chi connectivity index (χ3v) is 4.01. The van der Waals surface area contributed by atoms with E-state index in [4.69, 9.17) is 16.7 Å². The van der Waals surface area contributed by atoms with E-state index in [1.165, 1.54) is 19.1 Å². The lowest BCUT2D eigenvalue weighted by Gasteiger charge is -2.18. The van der Waals surface area contributed by atoms with Crippen LogP contribution < -0.4 is 10.6 Å². The number of amides is 2. The first kappa shape index (κ1) is 16.3. The van der Waals surface area contributed by atoms with Crippen molar-refractivity contribution in [2.24, 2.45) is 5.92 Å². The van der Waals surface area contributed by atoms with Gasteiger partial charge in [0.15, 0.2) is 0 Å². The lowest BCUT2D eigenvalue weighted by Crippen LogP contribution is -2.40. The Balaban J connectivity index is 2.15. The highest BCUT2D eigenvalue weighted by atomic mass is 35.5. The Bertz CT molecular complexity index is 618. The molecule has 0 saturated heterocycles. The van der Waals surface area contributed by atoms with Crippen molar-refractivity contribution >= 4 is 35.1 Å². The highest BCUT2D eigenvalue weighted by Crippen LogP contribution is 2.27. The van der Waals surface area contributed by atoms with Gasteiger partial charge in [-0.15, -0.1) is 0 Å². The summed E-state index contributed by atoms with van der Waals surface area (Å²) in [5.74, 6) is -2.16. The second-order valence-electron chi connectivity index (χ2n) is 5.33. The molecule has 0 spiro atoms. The van der Waals surface area contributed by atoms with Gasteiger partial charge in [-0.05, 0) is 31.0 Å². The minimum atomic E-state index is -0.902. The maximum atomic E-state index is 12.3. The summed E-state index contributed by atoms with van der Waals surface area (Å²) in [5, 5.41) is 14.7. The molecule has 0 unspecified atom stereocenters. The van der Waals surface area contributed by atoms with Gasteiger partial charge in [-0.1, -0.05) is 18.0 Å². The summed E-state index contributed by atoms with van der Waals surface area (Å²) in [6.45, 7) is 1.37. The van der Waals surface area contributed by atoms with Crippen molar-refractivity contribution in [2.45, 2.75) is 32.2 Å². The first-order valence-corrected chi connectivity index (χ1v) is 7.37. The summed E-state index contributed by atoms with van der Waals surface area (Å²) < 4.78 is 0. The zero-order valence-electron chi connectivity index (χ0n) is 12.1. The second kappa shape index (κ2) is 6.79. The average Bonchev–Trinajstić information content (AvgIpc) is 2.88. The van der Waals surface area contributed by atoms with Crippen LogP contribution in [0.5, 0.6) is 0 Å². The number of carbonyl (C=O) groups is 3. The fraction of sp³-hybridized carbons (Fsp3) is 0.400. The molecule has 6 nitrogen and oxygen atoms in total. The maximum absolute atomic E-state index is 12.3. The van der Waals surface area contributed by atoms with Crippen LogP contribution >= 0.6 is 11.6 Å². The molecule has 2 amide bonds. The second-order valence-corrected chi connectivity index (χ2v) is 5.74. The van der Waals surface area contributed by atoms with Gasteiger partial charge in [0, 0.05) is 18.7 Å². The normalized spacial score (nSPS) is 20.5. The molecule has 1 aliphatic rings. The third kappa shape index (κ3) is 3.76. The number of rotatable bonds is 4. The fourth-order valence-electron chi connectivity index (χ4n) is 2.65. The van der Waals surface area contributed by atoms with E-state index in [-0.39, 0.29) is 16.5 Å². The molecule has 1 aromatic carbocycles. The molecule has 1 aliphatic carbocycles. The monoisotopic (exact) mass is 324 g/mol. The van der Waals surface area contributed by atoms with Crippen molar-refractivity contribution in [3.8, 4) is 0 Å². The van der Waals surface area contributed by atoms with Gasteiger partial charge < -0.3 is 15.7 Å². The van der Waals surface area contributed by atoms with Crippen LogP contribution in [-0.2, 0) is 9.59 Å². The number of carboxylic acids is 1. The van der Waals surface area contributed by atoms with Crippen LogP contribution in [0.2, 0.25) is 5.02 Å². The van der Waals surface area contributed by atoms with Crippen molar-refractivity contribution in [1.29, 1.82) is 0 Å². The van der Waals surface area contributed by atoms with Gasteiger partial charge >= 0.3 is 5.97 Å². The van der Waals surface area contributed by atoms with Gasteiger partial charge in [0.1, 0.15) is 0 Å². The number of benzene rings is 1. The van der Waals surface area contributed by atoms with Gasteiger partial charge in [0.25, 0.3) is 5.91 Å². The van der Waals surface area contributed by atoms with Crippen molar-refractivity contribution in [3.63, 3.8) is 0 Å². The smallest absolute Gasteiger partial charge is 0.308 e. The summed E-state index contributed by atoms with van der Waals surface area (Å²) in [7, 11) is 0. The number of halogens is 1. The van der Waals surface area contributed by atoms with Gasteiger partial charge in [-0.25, -0.2) is 0 Å². The minimum absolute atomic E-state index is 0.212. The molecule has 3 N–H and O–H groups in total. The lowest BCUT2D eigenvalue weighted by molar-refractivity contribution is -0.142. The van der Waals surface area contributed by atoms with Crippen LogP contribution in [0.1, 0.15) is 36.5 Å².